The van der Waals surface area contributed by atoms with Crippen molar-refractivity contribution in [3.8, 4) is 11.8 Å². The predicted octanol–water partition coefficient (Wildman–Crippen LogP) is 1.63. The number of nitrogens with one attached hydrogen (secondary N) is 1. The van der Waals surface area contributed by atoms with Gasteiger partial charge in [0.25, 0.3) is 5.91 Å². The van der Waals surface area contributed by atoms with E-state index >= 15 is 0 Å². The third-order valence-electron chi connectivity index (χ3n) is 5.82. The summed E-state index contributed by atoms with van der Waals surface area (Å²) in [7, 11) is -2.05. The van der Waals surface area contributed by atoms with Crippen LogP contribution in [0, 0.1) is 0 Å². The van der Waals surface area contributed by atoms with E-state index in [9.17, 15) is 13.2 Å². The zero-order valence-corrected chi connectivity index (χ0v) is 19.3. The molecule has 2 heterocycles. The van der Waals surface area contributed by atoms with Gasteiger partial charge in [0.15, 0.2) is 0 Å². The van der Waals surface area contributed by atoms with Crippen molar-refractivity contribution in [2.75, 3.05) is 33.4 Å². The SMILES string of the molecule is COc1cncc(OC2CCC(NC(=O)c3ccc(S(=O)(=O)N4CCOCC4)cc3)CC2)n1. The summed E-state index contributed by atoms with van der Waals surface area (Å²) < 4.78 is 43.0. The fourth-order valence-corrected chi connectivity index (χ4v) is 5.37. The molecule has 1 amide bonds. The minimum Gasteiger partial charge on any atom is -0.480 e. The molecule has 1 aliphatic heterocycles. The highest BCUT2D eigenvalue weighted by atomic mass is 32.2. The van der Waals surface area contributed by atoms with Gasteiger partial charge in [-0.15, -0.1) is 0 Å². The number of carbonyl (C=O) groups excluding carboxylic acids is 1. The molecule has 4 rings (SSSR count). The number of amides is 1. The van der Waals surface area contributed by atoms with Crippen LogP contribution >= 0.6 is 0 Å². The van der Waals surface area contributed by atoms with E-state index in [-0.39, 0.29) is 22.9 Å². The molecular formula is C22H28N4O6S. The Bertz CT molecular complexity index is 1050. The lowest BCUT2D eigenvalue weighted by Crippen LogP contribution is -2.40. The van der Waals surface area contributed by atoms with Crippen LogP contribution in [0.25, 0.3) is 0 Å². The predicted molar refractivity (Wildman–Crippen MR) is 119 cm³/mol. The third kappa shape index (κ3) is 5.79. The number of hydrogen-bond acceptors (Lipinski definition) is 8. The Balaban J connectivity index is 1.28. The standard InChI is InChI=1S/C22H28N4O6S/c1-30-20-14-23-15-21(25-20)32-18-6-4-17(5-7-18)24-22(27)16-2-8-19(9-3-16)33(28,29)26-10-12-31-13-11-26/h2-3,8-9,14-15,17-18H,4-7,10-13H2,1H3,(H,24,27). The molecule has 2 aliphatic rings. The van der Waals surface area contributed by atoms with Gasteiger partial charge in [0.1, 0.15) is 6.10 Å². The number of aromatic nitrogens is 2. The Morgan fingerprint density at radius 2 is 1.73 bits per heavy atom. The average molecular weight is 477 g/mol. The van der Waals surface area contributed by atoms with Crippen molar-refractivity contribution >= 4 is 15.9 Å². The van der Waals surface area contributed by atoms with Crippen LogP contribution in [0.2, 0.25) is 0 Å². The number of nitrogens with zero attached hydrogens (tertiary/aromatic N) is 3. The molecule has 2 aromatic rings. The quantitative estimate of drug-likeness (QED) is 0.640. The molecule has 0 bridgehead atoms. The summed E-state index contributed by atoms with van der Waals surface area (Å²) in [5.41, 5.74) is 0.431. The maximum absolute atomic E-state index is 12.7. The number of carbonyl (C=O) groups is 1. The fourth-order valence-electron chi connectivity index (χ4n) is 3.97. The summed E-state index contributed by atoms with van der Waals surface area (Å²) in [4.78, 5) is 21.1. The van der Waals surface area contributed by atoms with E-state index in [0.717, 1.165) is 25.7 Å². The van der Waals surface area contributed by atoms with Crippen LogP contribution in [-0.4, -0.2) is 74.2 Å². The van der Waals surface area contributed by atoms with Crippen LogP contribution in [0.1, 0.15) is 36.0 Å². The lowest BCUT2D eigenvalue weighted by atomic mass is 9.92. The van der Waals surface area contributed by atoms with Crippen LogP contribution in [0.3, 0.4) is 0 Å². The van der Waals surface area contributed by atoms with Gasteiger partial charge < -0.3 is 19.5 Å². The normalized spacial score (nSPS) is 21.8. The second kappa shape index (κ2) is 10.4. The molecule has 1 aromatic carbocycles. The van der Waals surface area contributed by atoms with Gasteiger partial charge in [0.05, 0.1) is 37.6 Å². The summed E-state index contributed by atoms with van der Waals surface area (Å²) in [6, 6.07) is 6.11. The van der Waals surface area contributed by atoms with E-state index in [0.29, 0.717) is 43.6 Å². The first kappa shape index (κ1) is 23.4. The number of benzene rings is 1. The van der Waals surface area contributed by atoms with Gasteiger partial charge in [0.2, 0.25) is 21.8 Å². The first-order valence-electron chi connectivity index (χ1n) is 11.0. The van der Waals surface area contributed by atoms with E-state index in [4.69, 9.17) is 14.2 Å². The molecule has 0 radical (unpaired) electrons. The van der Waals surface area contributed by atoms with E-state index in [1.165, 1.54) is 29.7 Å². The smallest absolute Gasteiger partial charge is 0.251 e. The molecule has 0 unspecified atom stereocenters. The van der Waals surface area contributed by atoms with Crippen molar-refractivity contribution in [1.29, 1.82) is 0 Å². The zero-order chi connectivity index (χ0) is 23.3. The van der Waals surface area contributed by atoms with E-state index in [1.807, 2.05) is 0 Å². The van der Waals surface area contributed by atoms with Crippen LogP contribution in [-0.2, 0) is 14.8 Å². The molecule has 0 atom stereocenters. The van der Waals surface area contributed by atoms with Gasteiger partial charge in [-0.1, -0.05) is 0 Å². The van der Waals surface area contributed by atoms with E-state index in [1.54, 1.807) is 18.3 Å². The van der Waals surface area contributed by atoms with Gasteiger partial charge in [-0.25, -0.2) is 8.42 Å². The van der Waals surface area contributed by atoms with Gasteiger partial charge >= 0.3 is 0 Å². The van der Waals surface area contributed by atoms with Crippen LogP contribution < -0.4 is 14.8 Å². The molecule has 178 valence electrons. The molecule has 1 saturated carbocycles. The summed E-state index contributed by atoms with van der Waals surface area (Å²) in [5.74, 6) is 0.611. The van der Waals surface area contributed by atoms with Gasteiger partial charge in [-0.2, -0.15) is 9.29 Å². The summed E-state index contributed by atoms with van der Waals surface area (Å²) >= 11 is 0. The van der Waals surface area contributed by atoms with Gasteiger partial charge in [0, 0.05) is 24.7 Å². The lowest BCUT2D eigenvalue weighted by Gasteiger charge is -2.29. The fraction of sp³-hybridized carbons (Fsp3) is 0.500. The Morgan fingerprint density at radius 1 is 1.06 bits per heavy atom. The van der Waals surface area contributed by atoms with Crippen LogP contribution in [0.15, 0.2) is 41.6 Å². The average Bonchev–Trinajstić information content (AvgIpc) is 2.86. The first-order chi connectivity index (χ1) is 16.0. The summed E-state index contributed by atoms with van der Waals surface area (Å²) in [6.45, 7) is 1.45. The molecule has 2 fully saturated rings. The number of ether oxygens (including phenoxy) is 3. The number of rotatable bonds is 7. The number of hydrogen-bond donors (Lipinski definition) is 1. The second-order valence-corrected chi connectivity index (χ2v) is 9.94. The molecule has 10 nitrogen and oxygen atoms in total. The highest BCUT2D eigenvalue weighted by molar-refractivity contribution is 7.89. The van der Waals surface area contributed by atoms with E-state index < -0.39 is 10.0 Å². The molecule has 33 heavy (non-hydrogen) atoms. The summed E-state index contributed by atoms with van der Waals surface area (Å²) in [6.07, 6.45) is 6.18. The Hall–Kier alpha value is -2.76. The zero-order valence-electron chi connectivity index (χ0n) is 18.5. The summed E-state index contributed by atoms with van der Waals surface area (Å²) in [5, 5.41) is 3.04. The molecule has 0 spiro atoms. The molecule has 1 saturated heterocycles. The van der Waals surface area contributed by atoms with Gasteiger partial charge in [-0.3, -0.25) is 9.78 Å². The Labute approximate surface area is 193 Å². The minimum atomic E-state index is -3.58. The third-order valence-corrected chi connectivity index (χ3v) is 7.73. The molecule has 1 N–H and O–H groups in total. The Morgan fingerprint density at radius 3 is 2.39 bits per heavy atom. The van der Waals surface area contributed by atoms with Crippen LogP contribution in [0.5, 0.6) is 11.8 Å². The van der Waals surface area contributed by atoms with E-state index in [2.05, 4.69) is 15.3 Å². The molecule has 11 heteroatoms. The topological polar surface area (TPSA) is 120 Å². The monoisotopic (exact) mass is 476 g/mol. The van der Waals surface area contributed by atoms with Crippen molar-refractivity contribution in [1.82, 2.24) is 19.6 Å². The van der Waals surface area contributed by atoms with Crippen molar-refractivity contribution in [3.63, 3.8) is 0 Å². The van der Waals surface area contributed by atoms with Crippen molar-refractivity contribution in [2.24, 2.45) is 0 Å². The number of morpholine rings is 1. The largest absolute Gasteiger partial charge is 0.480 e. The highest BCUT2D eigenvalue weighted by Gasteiger charge is 2.27. The maximum Gasteiger partial charge on any atom is 0.251 e. The number of methoxy groups -OCH3 is 1. The van der Waals surface area contributed by atoms with Crippen molar-refractivity contribution < 1.29 is 27.4 Å². The molecular weight excluding hydrogens is 448 g/mol. The van der Waals surface area contributed by atoms with Crippen molar-refractivity contribution in [3.05, 3.63) is 42.2 Å². The van der Waals surface area contributed by atoms with Crippen LogP contribution in [0.4, 0.5) is 0 Å². The minimum absolute atomic E-state index is 0.00392. The van der Waals surface area contributed by atoms with Crippen molar-refractivity contribution in [2.45, 2.75) is 42.7 Å². The molecule has 1 aliphatic carbocycles. The maximum atomic E-state index is 12.7. The first-order valence-corrected chi connectivity index (χ1v) is 12.4. The lowest BCUT2D eigenvalue weighted by molar-refractivity contribution is 0.0730. The van der Waals surface area contributed by atoms with Gasteiger partial charge in [-0.05, 0) is 49.9 Å². The highest BCUT2D eigenvalue weighted by Crippen LogP contribution is 2.24. The molecule has 1 aromatic heterocycles. The second-order valence-electron chi connectivity index (χ2n) is 8.01. The number of sulfonamides is 1. The Kier molecular flexibility index (Phi) is 7.41.